The summed E-state index contributed by atoms with van der Waals surface area (Å²) in [6.45, 7) is 2.32. The van der Waals surface area contributed by atoms with Crippen LogP contribution in [-0.4, -0.2) is 58.4 Å². The van der Waals surface area contributed by atoms with Crippen LogP contribution in [0.1, 0.15) is 10.5 Å². The first-order valence-corrected chi connectivity index (χ1v) is 13.3. The minimum absolute atomic E-state index is 0.226. The van der Waals surface area contributed by atoms with Crippen LogP contribution < -0.4 is 15.2 Å². The van der Waals surface area contributed by atoms with E-state index >= 15 is 0 Å². The molecule has 5 aromatic rings. The Morgan fingerprint density at radius 2 is 1.69 bits per heavy atom. The number of anilines is 1. The molecule has 198 valence electrons. The lowest BCUT2D eigenvalue weighted by Gasteiger charge is -2.36. The van der Waals surface area contributed by atoms with Gasteiger partial charge >= 0.3 is 0 Å². The maximum atomic E-state index is 14.1. The van der Waals surface area contributed by atoms with Crippen molar-refractivity contribution in [3.63, 3.8) is 0 Å². The van der Waals surface area contributed by atoms with Crippen LogP contribution in [0.2, 0.25) is 10.0 Å². The zero-order chi connectivity index (χ0) is 27.3. The fraction of sp³-hybridized carbons (Fsp3) is 0.207. The van der Waals surface area contributed by atoms with E-state index in [4.69, 9.17) is 27.9 Å². The molecule has 0 atom stereocenters. The number of aromatic nitrogens is 3. The van der Waals surface area contributed by atoms with E-state index in [2.05, 4.69) is 10.00 Å². The molecule has 6 rings (SSSR count). The minimum atomic E-state index is -0.341. The summed E-state index contributed by atoms with van der Waals surface area (Å²) < 4.78 is 8.34. The fourth-order valence-corrected chi connectivity index (χ4v) is 5.72. The van der Waals surface area contributed by atoms with Crippen molar-refractivity contribution in [2.75, 3.05) is 38.2 Å². The van der Waals surface area contributed by atoms with Crippen LogP contribution in [0.25, 0.3) is 27.5 Å². The zero-order valence-corrected chi connectivity index (χ0v) is 22.9. The number of carbonyl (C=O) groups is 1. The molecule has 0 radical (unpaired) electrons. The third-order valence-corrected chi connectivity index (χ3v) is 7.79. The second-order valence-electron chi connectivity index (χ2n) is 9.44. The Labute approximate surface area is 234 Å². The molecule has 39 heavy (non-hydrogen) atoms. The van der Waals surface area contributed by atoms with Gasteiger partial charge in [-0.2, -0.15) is 9.78 Å². The summed E-state index contributed by atoms with van der Waals surface area (Å²) in [4.78, 5) is 31.9. The molecule has 0 spiro atoms. The van der Waals surface area contributed by atoms with Crippen molar-refractivity contribution in [3.05, 3.63) is 92.8 Å². The maximum absolute atomic E-state index is 14.1. The van der Waals surface area contributed by atoms with Crippen molar-refractivity contribution >= 4 is 56.6 Å². The van der Waals surface area contributed by atoms with Crippen LogP contribution >= 0.6 is 23.2 Å². The lowest BCUT2D eigenvalue weighted by Crippen LogP contribution is -2.49. The minimum Gasteiger partial charge on any atom is -0.495 e. The number of ether oxygens (including phenoxy) is 1. The predicted molar refractivity (Wildman–Crippen MR) is 155 cm³/mol. The second-order valence-corrected chi connectivity index (χ2v) is 10.3. The van der Waals surface area contributed by atoms with Gasteiger partial charge in [0.15, 0.2) is 5.69 Å². The van der Waals surface area contributed by atoms with E-state index in [1.165, 1.54) is 11.8 Å². The molecule has 1 fully saturated rings. The number of benzene rings is 3. The van der Waals surface area contributed by atoms with Gasteiger partial charge in [-0.3, -0.25) is 9.59 Å². The van der Waals surface area contributed by atoms with Crippen LogP contribution in [-0.2, 0) is 7.05 Å². The van der Waals surface area contributed by atoms with Crippen molar-refractivity contribution < 1.29 is 9.53 Å². The summed E-state index contributed by atoms with van der Waals surface area (Å²) in [5.41, 5.74) is 2.60. The van der Waals surface area contributed by atoms with Crippen LogP contribution in [0, 0.1) is 0 Å². The smallest absolute Gasteiger partial charge is 0.296 e. The number of rotatable bonds is 4. The monoisotopic (exact) mass is 561 g/mol. The summed E-state index contributed by atoms with van der Waals surface area (Å²) in [6, 6.07) is 20.4. The Balaban J connectivity index is 1.46. The molecule has 0 N–H and O–H groups in total. The summed E-state index contributed by atoms with van der Waals surface area (Å²) in [5, 5.41) is 7.04. The number of fused-ring (bicyclic) bond motifs is 3. The Bertz CT molecular complexity index is 1800. The van der Waals surface area contributed by atoms with E-state index in [1.54, 1.807) is 23.1 Å². The Morgan fingerprint density at radius 3 is 2.41 bits per heavy atom. The SMILES string of the molecule is COc1ccc(-n2nc(C(=O)N3CCN(c4cccc(Cl)c4)CC3)c3c4ccccc4n(C)c3c2=O)cc1Cl. The molecule has 0 saturated carbocycles. The number of halogens is 2. The molecule has 1 amide bonds. The van der Waals surface area contributed by atoms with Gasteiger partial charge in [0.2, 0.25) is 0 Å². The maximum Gasteiger partial charge on any atom is 0.296 e. The molecule has 2 aromatic heterocycles. The highest BCUT2D eigenvalue weighted by Crippen LogP contribution is 2.31. The standard InChI is InChI=1S/C29H25Cl2N5O3/c1-33-23-9-4-3-8-21(23)25-26(28(37)35-14-12-34(13-15-35)19-7-5-6-18(30)16-19)32-36(29(38)27(25)33)20-10-11-24(39-2)22(31)17-20/h3-11,16-17H,12-15H2,1-2H3. The molecule has 3 aromatic carbocycles. The van der Waals surface area contributed by atoms with Crippen LogP contribution in [0.5, 0.6) is 5.75 Å². The van der Waals surface area contributed by atoms with Gasteiger partial charge in [-0.25, -0.2) is 0 Å². The third-order valence-electron chi connectivity index (χ3n) is 7.26. The fourth-order valence-electron chi connectivity index (χ4n) is 5.28. The highest BCUT2D eigenvalue weighted by Gasteiger charge is 2.29. The lowest BCUT2D eigenvalue weighted by atomic mass is 10.1. The van der Waals surface area contributed by atoms with Gasteiger partial charge in [-0.15, -0.1) is 0 Å². The van der Waals surface area contributed by atoms with Gasteiger partial charge in [0.1, 0.15) is 11.3 Å². The molecule has 1 saturated heterocycles. The molecule has 0 aliphatic carbocycles. The van der Waals surface area contributed by atoms with Crippen molar-refractivity contribution in [1.82, 2.24) is 19.2 Å². The average molecular weight is 562 g/mol. The molecular weight excluding hydrogens is 537 g/mol. The molecule has 0 unspecified atom stereocenters. The topological polar surface area (TPSA) is 72.6 Å². The molecule has 8 nitrogen and oxygen atoms in total. The Kier molecular flexibility index (Phi) is 6.45. The van der Waals surface area contributed by atoms with E-state index in [1.807, 2.05) is 60.1 Å². The van der Waals surface area contributed by atoms with Gasteiger partial charge in [-0.05, 0) is 42.5 Å². The highest BCUT2D eigenvalue weighted by molar-refractivity contribution is 6.32. The molecule has 1 aliphatic rings. The first kappa shape index (κ1) is 25.3. The van der Waals surface area contributed by atoms with Gasteiger partial charge < -0.3 is 19.1 Å². The van der Waals surface area contributed by atoms with Crippen molar-refractivity contribution in [3.8, 4) is 11.4 Å². The van der Waals surface area contributed by atoms with Crippen LogP contribution in [0.15, 0.2) is 71.5 Å². The third kappa shape index (κ3) is 4.30. The number of aryl methyl sites for hydroxylation is 1. The molecule has 10 heteroatoms. The van der Waals surface area contributed by atoms with Crippen molar-refractivity contribution in [1.29, 1.82) is 0 Å². The summed E-state index contributed by atoms with van der Waals surface area (Å²) >= 11 is 12.6. The number of carbonyl (C=O) groups excluding carboxylic acids is 1. The first-order valence-electron chi connectivity index (χ1n) is 12.5. The number of hydrogen-bond acceptors (Lipinski definition) is 5. The average Bonchev–Trinajstić information content (AvgIpc) is 3.26. The normalized spacial score (nSPS) is 13.8. The number of hydrogen-bond donors (Lipinski definition) is 0. The molecule has 0 bridgehead atoms. The van der Waals surface area contributed by atoms with Crippen molar-refractivity contribution in [2.24, 2.45) is 7.05 Å². The van der Waals surface area contributed by atoms with Gasteiger partial charge in [0, 0.05) is 60.2 Å². The zero-order valence-electron chi connectivity index (χ0n) is 21.4. The van der Waals surface area contributed by atoms with E-state index in [9.17, 15) is 9.59 Å². The number of piperazine rings is 1. The number of amides is 1. The van der Waals surface area contributed by atoms with Gasteiger partial charge in [0.05, 0.1) is 17.8 Å². The van der Waals surface area contributed by atoms with Crippen molar-refractivity contribution in [2.45, 2.75) is 0 Å². The van der Waals surface area contributed by atoms with Crippen LogP contribution in [0.4, 0.5) is 5.69 Å². The lowest BCUT2D eigenvalue weighted by molar-refractivity contribution is 0.0741. The van der Waals surface area contributed by atoms with Crippen LogP contribution in [0.3, 0.4) is 0 Å². The Morgan fingerprint density at radius 1 is 0.923 bits per heavy atom. The summed E-state index contributed by atoms with van der Waals surface area (Å²) in [6.07, 6.45) is 0. The molecule has 3 heterocycles. The quantitative estimate of drug-likeness (QED) is 0.303. The number of para-hydroxylation sites is 1. The number of nitrogens with zero attached hydrogens (tertiary/aromatic N) is 5. The van der Waals surface area contributed by atoms with E-state index in [-0.39, 0.29) is 17.2 Å². The molecule has 1 aliphatic heterocycles. The number of methoxy groups -OCH3 is 1. The summed E-state index contributed by atoms with van der Waals surface area (Å²) in [7, 11) is 3.35. The highest BCUT2D eigenvalue weighted by atomic mass is 35.5. The second kappa shape index (κ2) is 9.94. The van der Waals surface area contributed by atoms with Gasteiger partial charge in [0.25, 0.3) is 11.5 Å². The largest absolute Gasteiger partial charge is 0.495 e. The van der Waals surface area contributed by atoms with Gasteiger partial charge in [-0.1, -0.05) is 47.5 Å². The van der Waals surface area contributed by atoms with E-state index in [0.717, 1.165) is 16.6 Å². The predicted octanol–water partition coefficient (Wildman–Crippen LogP) is 5.16. The van der Waals surface area contributed by atoms with E-state index in [0.29, 0.717) is 58.6 Å². The first-order chi connectivity index (χ1) is 18.9. The Hall–Kier alpha value is -4.01. The molecular formula is C29H25Cl2N5O3. The van der Waals surface area contributed by atoms with E-state index < -0.39 is 0 Å². The summed E-state index contributed by atoms with van der Waals surface area (Å²) in [5.74, 6) is 0.253.